The molecule has 6 aromatic rings. The van der Waals surface area contributed by atoms with Crippen LogP contribution in [-0.2, 0) is 73.0 Å². The van der Waals surface area contributed by atoms with Crippen molar-refractivity contribution in [2.45, 2.75) is 93.9 Å². The van der Waals surface area contributed by atoms with Crippen molar-refractivity contribution in [1.29, 1.82) is 0 Å². The fourth-order valence-corrected chi connectivity index (χ4v) is 12.9. The number of Topliss-reactive ketones (excluding diaryl/α,β-unsaturated/α-hetero) is 1. The highest BCUT2D eigenvalue weighted by atomic mass is 32.2. The van der Waals surface area contributed by atoms with Gasteiger partial charge in [-0.1, -0.05) is 74.5 Å². The number of aromatic nitrogens is 6. The van der Waals surface area contributed by atoms with Crippen molar-refractivity contribution >= 4 is 110 Å². The minimum Gasteiger partial charge on any atom is -0.350 e. The predicted octanol–water partition coefficient (Wildman–Crippen LogP) is 5.72. The van der Waals surface area contributed by atoms with Gasteiger partial charge in [-0.05, 0) is 97.8 Å². The van der Waals surface area contributed by atoms with Crippen LogP contribution in [0.25, 0.3) is 12.2 Å². The lowest BCUT2D eigenvalue weighted by molar-refractivity contribution is -0.122. The minimum atomic E-state index is -5.06. The second kappa shape index (κ2) is 27.5. The average molecular weight is 1290 g/mol. The summed E-state index contributed by atoms with van der Waals surface area (Å²) < 4.78 is 171. The van der Waals surface area contributed by atoms with Crippen molar-refractivity contribution < 1.29 is 74.4 Å². The highest BCUT2D eigenvalue weighted by Crippen LogP contribution is 2.29. The molecule has 0 saturated carbocycles. The smallest absolute Gasteiger partial charge is 0.295 e. The fourth-order valence-electron chi connectivity index (χ4n) is 8.90. The number of benzene rings is 4. The molecule has 0 aliphatic heterocycles. The molecule has 0 spiro atoms. The summed E-state index contributed by atoms with van der Waals surface area (Å²) in [5.41, 5.74) is -1.26. The van der Waals surface area contributed by atoms with E-state index in [9.17, 15) is 74.4 Å². The molecular weight excluding hydrogens is 1220 g/mol. The molecule has 0 radical (unpaired) electrons. The summed E-state index contributed by atoms with van der Waals surface area (Å²) in [5.74, 6) is -1.96. The summed E-state index contributed by atoms with van der Waals surface area (Å²) >= 11 is 0. The second-order valence-corrected chi connectivity index (χ2v) is 28.3. The first-order chi connectivity index (χ1) is 39.9. The first-order valence-electron chi connectivity index (χ1n) is 26.1. The fraction of sp³-hybridized carbons (Fsp3) is 0.358. The molecule has 2 aromatic heterocycles. The normalized spacial score (nSPS) is 12.7. The van der Waals surface area contributed by atoms with Gasteiger partial charge in [0, 0.05) is 69.7 Å². The lowest BCUT2D eigenvalue weighted by Crippen LogP contribution is -2.49. The molecular formula is C53H65N11O17S5. The number of nitrogens with zero attached hydrogens (tertiary/aromatic N) is 8. The summed E-state index contributed by atoms with van der Waals surface area (Å²) in [5, 5.41) is 8.28. The molecule has 33 heteroatoms. The van der Waals surface area contributed by atoms with Crippen molar-refractivity contribution in [3.8, 4) is 0 Å². The second-order valence-electron chi connectivity index (χ2n) is 21.2. The number of carbonyl (C=O) groups excluding carboxylic acids is 2. The van der Waals surface area contributed by atoms with Gasteiger partial charge < -0.3 is 25.8 Å². The molecule has 2 heterocycles. The van der Waals surface area contributed by atoms with Crippen LogP contribution >= 0.6 is 0 Å². The highest BCUT2D eigenvalue weighted by Gasteiger charge is 2.30. The molecule has 0 saturated heterocycles. The van der Waals surface area contributed by atoms with Gasteiger partial charge in [-0.15, -0.1) is 0 Å². The van der Waals surface area contributed by atoms with Crippen LogP contribution in [0.15, 0.2) is 106 Å². The third-order valence-electron chi connectivity index (χ3n) is 12.5. The van der Waals surface area contributed by atoms with Crippen LogP contribution in [0.2, 0.25) is 0 Å². The molecule has 6 rings (SSSR count). The van der Waals surface area contributed by atoms with Gasteiger partial charge >= 0.3 is 0 Å². The summed E-state index contributed by atoms with van der Waals surface area (Å²) in [4.78, 5) is 54.9. The summed E-state index contributed by atoms with van der Waals surface area (Å²) in [6.45, 7) is 10.0. The Balaban J connectivity index is 1.29. The molecule has 0 unspecified atom stereocenters. The molecule has 28 nitrogen and oxygen atoms in total. The van der Waals surface area contributed by atoms with Gasteiger partial charge in [0.25, 0.3) is 50.6 Å². The summed E-state index contributed by atoms with van der Waals surface area (Å²) in [6.07, 6.45) is 2.18. The van der Waals surface area contributed by atoms with Crippen molar-refractivity contribution in [2.75, 3.05) is 58.1 Å². The molecule has 1 amide bonds. The number of anilines is 6. The largest absolute Gasteiger partial charge is 0.350 e. The number of hydrogen-bond acceptors (Lipinski definition) is 22. The number of nitrogens with one attached hydrogen (secondary N) is 3. The zero-order valence-corrected chi connectivity index (χ0v) is 51.4. The van der Waals surface area contributed by atoms with Crippen molar-refractivity contribution in [3.05, 3.63) is 125 Å². The Morgan fingerprint density at radius 3 is 1.55 bits per heavy atom. The zero-order chi connectivity index (χ0) is 63.6. The molecule has 0 aliphatic rings. The van der Waals surface area contributed by atoms with Crippen LogP contribution in [0.5, 0.6) is 0 Å². The van der Waals surface area contributed by atoms with Crippen molar-refractivity contribution in [2.24, 2.45) is 5.41 Å². The van der Waals surface area contributed by atoms with Crippen LogP contribution < -0.4 is 25.8 Å². The quantitative estimate of drug-likeness (QED) is 0.0197. The highest BCUT2D eigenvalue weighted by molar-refractivity contribution is 7.86. The van der Waals surface area contributed by atoms with E-state index < -0.39 is 93.6 Å². The van der Waals surface area contributed by atoms with E-state index in [4.69, 9.17) is 0 Å². The first kappa shape index (κ1) is 67.7. The van der Waals surface area contributed by atoms with Crippen LogP contribution in [0.4, 0.5) is 35.2 Å². The van der Waals surface area contributed by atoms with Gasteiger partial charge in [0.15, 0.2) is 0 Å². The van der Waals surface area contributed by atoms with Crippen molar-refractivity contribution in [3.63, 3.8) is 0 Å². The number of hydrogen-bond donors (Lipinski definition) is 8. The van der Waals surface area contributed by atoms with E-state index in [1.165, 1.54) is 73.4 Å². The van der Waals surface area contributed by atoms with E-state index in [0.29, 0.717) is 17.9 Å². The van der Waals surface area contributed by atoms with Crippen LogP contribution in [0.1, 0.15) is 94.7 Å². The van der Waals surface area contributed by atoms with E-state index >= 15 is 0 Å². The maximum Gasteiger partial charge on any atom is 0.295 e. The van der Waals surface area contributed by atoms with E-state index in [-0.39, 0.29) is 110 Å². The number of amides is 1. The monoisotopic (exact) mass is 1290 g/mol. The lowest BCUT2D eigenvalue weighted by atomic mass is 9.89. The molecule has 8 N–H and O–H groups in total. The molecule has 86 heavy (non-hydrogen) atoms. The summed E-state index contributed by atoms with van der Waals surface area (Å²) in [7, 11) is -23.4. The van der Waals surface area contributed by atoms with Crippen LogP contribution in [0, 0.1) is 5.41 Å². The Bertz CT molecular complexity index is 4080. The standard InChI is InChI=1S/C53H65N11O17S5/c1-7-63(26-24-41(65)32-52(3,4)33-82(67,68)69)50-57-45(29-35-12-10-9-11-13-35)56-46(58-50)30-36-14-15-37(43(28-36)85(76,77)78)16-17-38-18-19-40(31-44(38)86(79,80)81)55-49-59-48(54-39-20-22-42(23-21-39)84(73,74)75)60-51(61-49)64(8-2)27-25-47(66)62-53(5,6)34-83(70,71)72/h9-23,28,31H,7-8,24-27,29-30,32-34H2,1-6H3,(H,62,66)(H,67,68,69)(H,70,71,72)(H,73,74,75)(H,76,77,78)(H,79,80,81)(H2,54,55,59,60,61)/b17-16+. The lowest BCUT2D eigenvalue weighted by Gasteiger charge is -2.26. The van der Waals surface area contributed by atoms with Crippen LogP contribution in [0.3, 0.4) is 0 Å². The molecule has 0 aliphatic carbocycles. The Labute approximate surface area is 498 Å². The van der Waals surface area contributed by atoms with E-state index in [0.717, 1.165) is 23.8 Å². The summed E-state index contributed by atoms with van der Waals surface area (Å²) in [6, 6.07) is 21.8. The van der Waals surface area contributed by atoms with E-state index in [1.54, 1.807) is 25.7 Å². The van der Waals surface area contributed by atoms with E-state index in [1.807, 2.05) is 37.3 Å². The van der Waals surface area contributed by atoms with E-state index in [2.05, 4.69) is 45.9 Å². The number of rotatable bonds is 30. The predicted molar refractivity (Wildman–Crippen MR) is 319 cm³/mol. The van der Waals surface area contributed by atoms with Crippen LogP contribution in [-0.4, -0.2) is 150 Å². The third kappa shape index (κ3) is 21.2. The molecule has 0 atom stereocenters. The average Bonchev–Trinajstić information content (AvgIpc) is 1.42. The number of carbonyl (C=O) groups is 2. The maximum atomic E-state index is 13.1. The third-order valence-corrected chi connectivity index (χ3v) is 17.4. The molecule has 464 valence electrons. The van der Waals surface area contributed by atoms with Gasteiger partial charge in [0.2, 0.25) is 29.7 Å². The Morgan fingerprint density at radius 1 is 0.535 bits per heavy atom. The minimum absolute atomic E-state index is 0.0132. The maximum absolute atomic E-state index is 13.1. The molecule has 4 aromatic carbocycles. The van der Waals surface area contributed by atoms with Gasteiger partial charge in [-0.25, -0.2) is 4.98 Å². The SMILES string of the molecule is CCN(CCC(=O)CC(C)(C)CS(=O)(=O)O)c1nc(Cc2ccccc2)nc(Cc2ccc(/C=C/c3ccc(Nc4nc(Nc5ccc(S(=O)(=O)O)cc5)nc(N(CC)CCC(=O)NC(C)(C)CS(=O)(=O)O)n4)cc3S(=O)(=O)O)c(S(=O)(=O)O)c2)n1. The Morgan fingerprint density at radius 2 is 1.02 bits per heavy atom. The molecule has 0 bridgehead atoms. The number of ketones is 1. The Kier molecular flexibility index (Phi) is 21.6. The zero-order valence-electron chi connectivity index (χ0n) is 47.3. The first-order valence-corrected chi connectivity index (χ1v) is 33.7. The van der Waals surface area contributed by atoms with Crippen molar-refractivity contribution in [1.82, 2.24) is 35.2 Å². The van der Waals surface area contributed by atoms with Gasteiger partial charge in [0.1, 0.15) is 27.2 Å². The Hall–Kier alpha value is -7.47. The van der Waals surface area contributed by atoms with Gasteiger partial charge in [-0.2, -0.15) is 67.0 Å². The van der Waals surface area contributed by atoms with Gasteiger partial charge in [-0.3, -0.25) is 32.4 Å². The van der Waals surface area contributed by atoms with Gasteiger partial charge in [0.05, 0.1) is 21.9 Å². The topological polar surface area (TPSA) is 426 Å². The molecule has 0 fully saturated rings.